The topological polar surface area (TPSA) is 72.3 Å². The van der Waals surface area contributed by atoms with Crippen molar-refractivity contribution in [2.24, 2.45) is 5.92 Å². The van der Waals surface area contributed by atoms with Gasteiger partial charge in [0.2, 0.25) is 0 Å². The Kier molecular flexibility index (Phi) is 5.88. The molecule has 1 aromatic carbocycles. The van der Waals surface area contributed by atoms with Gasteiger partial charge in [-0.25, -0.2) is 9.78 Å². The first-order valence-electron chi connectivity index (χ1n) is 10.5. The van der Waals surface area contributed by atoms with Gasteiger partial charge in [0, 0.05) is 38.3 Å². The molecule has 0 aliphatic carbocycles. The number of imidazole rings is 1. The predicted molar refractivity (Wildman–Crippen MR) is 117 cm³/mol. The van der Waals surface area contributed by atoms with Crippen molar-refractivity contribution in [3.8, 4) is 5.75 Å². The van der Waals surface area contributed by atoms with Crippen LogP contribution in [0.1, 0.15) is 37.6 Å². The molecule has 2 amide bonds. The van der Waals surface area contributed by atoms with E-state index >= 15 is 0 Å². The summed E-state index contributed by atoms with van der Waals surface area (Å²) < 4.78 is 7.47. The summed E-state index contributed by atoms with van der Waals surface area (Å²) in [5.74, 6) is 2.62. The van der Waals surface area contributed by atoms with Crippen molar-refractivity contribution in [2.75, 3.05) is 20.2 Å². The number of carbonyl (C=O) groups is 1. The van der Waals surface area contributed by atoms with E-state index in [1.807, 2.05) is 41.4 Å². The lowest BCUT2D eigenvalue weighted by Gasteiger charge is -2.18. The van der Waals surface area contributed by atoms with E-state index in [1.165, 1.54) is 0 Å². The average Bonchev–Trinajstić information content (AvgIpc) is 3.37. The molecule has 0 bridgehead atoms. The van der Waals surface area contributed by atoms with Crippen LogP contribution in [-0.4, -0.2) is 45.7 Å². The lowest BCUT2D eigenvalue weighted by Crippen LogP contribution is -2.38. The molecule has 4 rings (SSSR count). The number of nitrogens with one attached hydrogen (secondary N) is 1. The van der Waals surface area contributed by atoms with E-state index in [2.05, 4.69) is 28.7 Å². The number of fused-ring (bicyclic) bond motifs is 1. The van der Waals surface area contributed by atoms with Crippen LogP contribution in [0, 0.1) is 5.92 Å². The third-order valence-electron chi connectivity index (χ3n) is 5.57. The van der Waals surface area contributed by atoms with Crippen molar-refractivity contribution in [1.82, 2.24) is 24.8 Å². The minimum absolute atomic E-state index is 0.0264. The van der Waals surface area contributed by atoms with Crippen molar-refractivity contribution in [1.29, 1.82) is 0 Å². The normalized spacial score (nSPS) is 16.4. The molecule has 1 fully saturated rings. The summed E-state index contributed by atoms with van der Waals surface area (Å²) in [7, 11) is 1.65. The van der Waals surface area contributed by atoms with Crippen molar-refractivity contribution in [2.45, 2.75) is 39.3 Å². The molecule has 30 heavy (non-hydrogen) atoms. The SMILES string of the molecule is COc1ccc(CNC(=O)N2CCC(c3nc4ccncc4n3CC(C)C)C2)cc1. The van der Waals surface area contributed by atoms with Gasteiger partial charge in [0.1, 0.15) is 11.6 Å². The maximum Gasteiger partial charge on any atom is 0.317 e. The summed E-state index contributed by atoms with van der Waals surface area (Å²) in [6.07, 6.45) is 4.60. The number of pyridine rings is 1. The van der Waals surface area contributed by atoms with Gasteiger partial charge < -0.3 is 19.5 Å². The van der Waals surface area contributed by atoms with Crippen LogP contribution in [0.3, 0.4) is 0 Å². The van der Waals surface area contributed by atoms with E-state index < -0.39 is 0 Å². The number of hydrogen-bond acceptors (Lipinski definition) is 4. The number of urea groups is 1. The van der Waals surface area contributed by atoms with Gasteiger partial charge in [0.25, 0.3) is 0 Å². The van der Waals surface area contributed by atoms with E-state index in [-0.39, 0.29) is 11.9 Å². The second-order valence-corrected chi connectivity index (χ2v) is 8.28. The van der Waals surface area contributed by atoms with Crippen molar-refractivity contribution >= 4 is 17.1 Å². The molecule has 1 unspecified atom stereocenters. The molecule has 1 saturated heterocycles. The zero-order chi connectivity index (χ0) is 21.1. The fourth-order valence-electron chi connectivity index (χ4n) is 4.05. The summed E-state index contributed by atoms with van der Waals surface area (Å²) in [6.45, 7) is 7.24. The summed E-state index contributed by atoms with van der Waals surface area (Å²) in [4.78, 5) is 23.8. The van der Waals surface area contributed by atoms with Crippen LogP contribution in [-0.2, 0) is 13.1 Å². The number of nitrogens with zero attached hydrogens (tertiary/aromatic N) is 4. The smallest absolute Gasteiger partial charge is 0.317 e. The Morgan fingerprint density at radius 3 is 2.80 bits per heavy atom. The third kappa shape index (κ3) is 4.25. The molecule has 0 saturated carbocycles. The average molecular weight is 408 g/mol. The monoisotopic (exact) mass is 407 g/mol. The summed E-state index contributed by atoms with van der Waals surface area (Å²) >= 11 is 0. The largest absolute Gasteiger partial charge is 0.497 e. The minimum Gasteiger partial charge on any atom is -0.497 e. The first-order valence-corrected chi connectivity index (χ1v) is 10.5. The van der Waals surface area contributed by atoms with Crippen LogP contribution < -0.4 is 10.1 Å². The molecule has 3 heterocycles. The Morgan fingerprint density at radius 1 is 1.27 bits per heavy atom. The number of amides is 2. The highest BCUT2D eigenvalue weighted by molar-refractivity contribution is 5.76. The number of likely N-dealkylation sites (tertiary alicyclic amines) is 1. The lowest BCUT2D eigenvalue weighted by molar-refractivity contribution is 0.207. The molecule has 1 aliphatic rings. The molecular weight excluding hydrogens is 378 g/mol. The Bertz CT molecular complexity index is 1010. The van der Waals surface area contributed by atoms with Crippen LogP contribution in [0.2, 0.25) is 0 Å². The number of rotatable bonds is 6. The number of ether oxygens (including phenoxy) is 1. The van der Waals surface area contributed by atoms with Gasteiger partial charge in [0.05, 0.1) is 24.3 Å². The molecule has 0 spiro atoms. The first kappa shape index (κ1) is 20.2. The summed E-state index contributed by atoms with van der Waals surface area (Å²) in [5, 5.41) is 3.03. The fraction of sp³-hybridized carbons (Fsp3) is 0.435. The number of aromatic nitrogens is 3. The third-order valence-corrected chi connectivity index (χ3v) is 5.57. The maximum atomic E-state index is 12.7. The zero-order valence-corrected chi connectivity index (χ0v) is 17.8. The molecule has 2 aromatic heterocycles. The summed E-state index contributed by atoms with van der Waals surface area (Å²) in [5.41, 5.74) is 3.10. The molecule has 1 aliphatic heterocycles. The number of carbonyl (C=O) groups excluding carboxylic acids is 1. The highest BCUT2D eigenvalue weighted by Crippen LogP contribution is 2.30. The molecule has 1 N–H and O–H groups in total. The van der Waals surface area contributed by atoms with Crippen molar-refractivity contribution in [3.63, 3.8) is 0 Å². The maximum absolute atomic E-state index is 12.7. The molecule has 7 nitrogen and oxygen atoms in total. The van der Waals surface area contributed by atoms with E-state index in [9.17, 15) is 4.79 Å². The van der Waals surface area contributed by atoms with E-state index in [1.54, 1.807) is 13.3 Å². The lowest BCUT2D eigenvalue weighted by atomic mass is 10.1. The van der Waals surface area contributed by atoms with E-state index in [0.29, 0.717) is 19.0 Å². The Morgan fingerprint density at radius 2 is 2.07 bits per heavy atom. The minimum atomic E-state index is -0.0264. The van der Waals surface area contributed by atoms with Gasteiger partial charge in [-0.3, -0.25) is 4.98 Å². The first-order chi connectivity index (χ1) is 14.5. The van der Waals surface area contributed by atoms with Gasteiger partial charge in [-0.15, -0.1) is 0 Å². The molecule has 1 atom stereocenters. The van der Waals surface area contributed by atoms with Gasteiger partial charge in [-0.05, 0) is 36.1 Å². The zero-order valence-electron chi connectivity index (χ0n) is 17.8. The Hall–Kier alpha value is -3.09. The Balaban J connectivity index is 1.43. The van der Waals surface area contributed by atoms with Crippen LogP contribution in [0.4, 0.5) is 4.79 Å². The molecular formula is C23H29N5O2. The van der Waals surface area contributed by atoms with Gasteiger partial charge in [-0.1, -0.05) is 26.0 Å². The molecule has 7 heteroatoms. The van der Waals surface area contributed by atoms with Gasteiger partial charge in [-0.2, -0.15) is 0 Å². The molecule has 158 valence electrons. The van der Waals surface area contributed by atoms with Crippen LogP contribution in [0.15, 0.2) is 42.7 Å². The molecule has 3 aromatic rings. The second kappa shape index (κ2) is 8.73. The highest BCUT2D eigenvalue weighted by Gasteiger charge is 2.31. The Labute approximate surface area is 177 Å². The number of benzene rings is 1. The number of methoxy groups -OCH3 is 1. The van der Waals surface area contributed by atoms with E-state index in [0.717, 1.165) is 47.7 Å². The fourth-order valence-corrected chi connectivity index (χ4v) is 4.05. The standard InChI is InChI=1S/C23H29N5O2/c1-16(2)14-28-21-13-24-10-8-20(21)26-22(28)18-9-11-27(15-18)23(29)25-12-17-4-6-19(30-3)7-5-17/h4-8,10,13,16,18H,9,11-12,14-15H2,1-3H3,(H,25,29). The van der Waals surface area contributed by atoms with Crippen LogP contribution >= 0.6 is 0 Å². The number of hydrogen-bond donors (Lipinski definition) is 1. The predicted octanol–water partition coefficient (Wildman–Crippen LogP) is 3.80. The second-order valence-electron chi connectivity index (χ2n) is 8.28. The summed E-state index contributed by atoms with van der Waals surface area (Å²) in [6, 6.07) is 9.68. The van der Waals surface area contributed by atoms with Gasteiger partial charge in [0.15, 0.2) is 0 Å². The van der Waals surface area contributed by atoms with Crippen molar-refractivity contribution < 1.29 is 9.53 Å². The van der Waals surface area contributed by atoms with Crippen LogP contribution in [0.5, 0.6) is 5.75 Å². The quantitative estimate of drug-likeness (QED) is 0.675. The molecule has 0 radical (unpaired) electrons. The van der Waals surface area contributed by atoms with Crippen molar-refractivity contribution in [3.05, 3.63) is 54.1 Å². The van der Waals surface area contributed by atoms with E-state index in [4.69, 9.17) is 9.72 Å². The van der Waals surface area contributed by atoms with Gasteiger partial charge >= 0.3 is 6.03 Å². The van der Waals surface area contributed by atoms with Crippen LogP contribution in [0.25, 0.3) is 11.0 Å². The highest BCUT2D eigenvalue weighted by atomic mass is 16.5.